The summed E-state index contributed by atoms with van der Waals surface area (Å²) < 4.78 is 0.687. The van der Waals surface area contributed by atoms with E-state index in [1.54, 1.807) is 6.20 Å². The molecule has 17 heavy (non-hydrogen) atoms. The molecule has 0 atom stereocenters. The van der Waals surface area contributed by atoms with Gasteiger partial charge in [-0.3, -0.25) is 0 Å². The predicted octanol–water partition coefficient (Wildman–Crippen LogP) is 0.826. The molecule has 0 fully saturated rings. The average Bonchev–Trinajstić information content (AvgIpc) is 2.36. The van der Waals surface area contributed by atoms with E-state index in [-0.39, 0.29) is 13.2 Å². The van der Waals surface area contributed by atoms with Crippen LogP contribution in [0.1, 0.15) is 13.3 Å². The quantitative estimate of drug-likeness (QED) is 0.596. The molecule has 0 aliphatic heterocycles. The van der Waals surface area contributed by atoms with E-state index in [0.717, 1.165) is 13.0 Å². The molecule has 7 heteroatoms. The highest BCUT2D eigenvalue weighted by Crippen LogP contribution is 2.20. The van der Waals surface area contributed by atoms with Crippen molar-refractivity contribution in [1.82, 2.24) is 9.97 Å². The monoisotopic (exact) mass is 304 g/mol. The Bertz CT molecular complexity index is 347. The van der Waals surface area contributed by atoms with Gasteiger partial charge in [0.2, 0.25) is 5.95 Å². The second-order valence-corrected chi connectivity index (χ2v) is 4.38. The van der Waals surface area contributed by atoms with Crippen LogP contribution in [-0.4, -0.2) is 46.0 Å². The first-order valence-electron chi connectivity index (χ1n) is 5.45. The van der Waals surface area contributed by atoms with Crippen molar-refractivity contribution in [1.29, 1.82) is 0 Å². The van der Waals surface area contributed by atoms with Gasteiger partial charge in [0.05, 0.1) is 23.7 Å². The summed E-state index contributed by atoms with van der Waals surface area (Å²) in [6.07, 6.45) is 2.61. The third-order valence-corrected chi connectivity index (χ3v) is 2.64. The Morgan fingerprint density at radius 2 is 2.12 bits per heavy atom. The van der Waals surface area contributed by atoms with Gasteiger partial charge in [-0.05, 0) is 22.4 Å². The number of aliphatic hydroxyl groups is 2. The van der Waals surface area contributed by atoms with E-state index in [4.69, 9.17) is 10.2 Å². The maximum Gasteiger partial charge on any atom is 0.224 e. The summed E-state index contributed by atoms with van der Waals surface area (Å²) in [5.74, 6) is 1.07. The number of nitrogens with one attached hydrogen (secondary N) is 2. The van der Waals surface area contributed by atoms with Crippen molar-refractivity contribution in [2.45, 2.75) is 19.4 Å². The van der Waals surface area contributed by atoms with Crippen molar-refractivity contribution >= 4 is 27.7 Å². The van der Waals surface area contributed by atoms with E-state index in [1.165, 1.54) is 0 Å². The normalized spacial score (nSPS) is 10.6. The fraction of sp³-hybridized carbons (Fsp3) is 0.600. The number of anilines is 2. The van der Waals surface area contributed by atoms with Crippen LogP contribution in [0.2, 0.25) is 0 Å². The summed E-state index contributed by atoms with van der Waals surface area (Å²) >= 11 is 3.31. The number of rotatable bonds is 7. The lowest BCUT2D eigenvalue weighted by Crippen LogP contribution is -2.28. The van der Waals surface area contributed by atoms with Crippen molar-refractivity contribution in [3.63, 3.8) is 0 Å². The summed E-state index contributed by atoms with van der Waals surface area (Å²) in [5, 5.41) is 24.0. The van der Waals surface area contributed by atoms with E-state index >= 15 is 0 Å². The Morgan fingerprint density at radius 3 is 2.71 bits per heavy atom. The molecule has 0 saturated heterocycles. The van der Waals surface area contributed by atoms with Crippen molar-refractivity contribution in [2.24, 2.45) is 0 Å². The molecule has 0 aromatic carbocycles. The lowest BCUT2D eigenvalue weighted by atomic mass is 10.3. The molecule has 1 aromatic rings. The lowest BCUT2D eigenvalue weighted by Gasteiger charge is -2.15. The Balaban J connectivity index is 2.75. The highest BCUT2D eigenvalue weighted by Gasteiger charge is 2.10. The van der Waals surface area contributed by atoms with Crippen LogP contribution >= 0.6 is 15.9 Å². The molecule has 1 rings (SSSR count). The van der Waals surface area contributed by atoms with Crippen molar-refractivity contribution < 1.29 is 10.2 Å². The summed E-state index contributed by atoms with van der Waals surface area (Å²) in [4.78, 5) is 8.34. The number of nitrogens with zero attached hydrogens (tertiary/aromatic N) is 2. The molecule has 0 bridgehead atoms. The standard InChI is InChI=1S/C10H17BrN4O2/c1-2-3-12-10-13-4-8(11)9(15-10)14-7(5-16)6-17/h4,7,16-17H,2-3,5-6H2,1H3,(H2,12,13,14,15). The van der Waals surface area contributed by atoms with Gasteiger partial charge in [-0.2, -0.15) is 4.98 Å². The minimum atomic E-state index is -0.430. The van der Waals surface area contributed by atoms with Crippen molar-refractivity contribution in [2.75, 3.05) is 30.4 Å². The van der Waals surface area contributed by atoms with Crippen LogP contribution < -0.4 is 10.6 Å². The minimum Gasteiger partial charge on any atom is -0.394 e. The van der Waals surface area contributed by atoms with E-state index in [9.17, 15) is 0 Å². The summed E-state index contributed by atoms with van der Waals surface area (Å²) in [6, 6.07) is -0.430. The molecule has 0 unspecified atom stereocenters. The predicted molar refractivity (Wildman–Crippen MR) is 70.1 cm³/mol. The molecular weight excluding hydrogens is 288 g/mol. The molecule has 0 saturated carbocycles. The van der Waals surface area contributed by atoms with E-state index in [2.05, 4.69) is 43.5 Å². The minimum absolute atomic E-state index is 0.162. The van der Waals surface area contributed by atoms with Gasteiger partial charge in [0.25, 0.3) is 0 Å². The summed E-state index contributed by atoms with van der Waals surface area (Å²) in [5.41, 5.74) is 0. The third kappa shape index (κ3) is 4.45. The van der Waals surface area contributed by atoms with E-state index in [0.29, 0.717) is 16.2 Å². The summed E-state index contributed by atoms with van der Waals surface area (Å²) in [7, 11) is 0. The van der Waals surface area contributed by atoms with Crippen molar-refractivity contribution in [3.8, 4) is 0 Å². The SMILES string of the molecule is CCCNc1ncc(Br)c(NC(CO)CO)n1. The molecule has 1 aromatic heterocycles. The average molecular weight is 305 g/mol. The Kier molecular flexibility index (Phi) is 6.17. The fourth-order valence-corrected chi connectivity index (χ4v) is 1.44. The zero-order chi connectivity index (χ0) is 12.7. The molecular formula is C10H17BrN4O2. The fourth-order valence-electron chi connectivity index (χ4n) is 1.13. The number of halogens is 1. The van der Waals surface area contributed by atoms with Gasteiger partial charge in [0.15, 0.2) is 0 Å². The first kappa shape index (κ1) is 14.1. The smallest absolute Gasteiger partial charge is 0.224 e. The number of hydrogen-bond acceptors (Lipinski definition) is 6. The molecule has 6 nitrogen and oxygen atoms in total. The first-order chi connectivity index (χ1) is 8.21. The first-order valence-corrected chi connectivity index (χ1v) is 6.25. The molecule has 4 N–H and O–H groups in total. The summed E-state index contributed by atoms with van der Waals surface area (Å²) in [6.45, 7) is 2.53. The largest absolute Gasteiger partial charge is 0.394 e. The van der Waals surface area contributed by atoms with Crippen LogP contribution in [0, 0.1) is 0 Å². The van der Waals surface area contributed by atoms with Crippen LogP contribution in [0.3, 0.4) is 0 Å². The lowest BCUT2D eigenvalue weighted by molar-refractivity contribution is 0.203. The van der Waals surface area contributed by atoms with E-state index in [1.807, 2.05) is 0 Å². The highest BCUT2D eigenvalue weighted by atomic mass is 79.9. The maximum absolute atomic E-state index is 8.99. The van der Waals surface area contributed by atoms with Crippen LogP contribution in [-0.2, 0) is 0 Å². The van der Waals surface area contributed by atoms with Gasteiger partial charge in [-0.1, -0.05) is 6.92 Å². The second kappa shape index (κ2) is 7.41. The van der Waals surface area contributed by atoms with Gasteiger partial charge >= 0.3 is 0 Å². The molecule has 0 radical (unpaired) electrons. The topological polar surface area (TPSA) is 90.3 Å². The zero-order valence-corrected chi connectivity index (χ0v) is 11.2. The Labute approximate surface area is 109 Å². The van der Waals surface area contributed by atoms with Crippen molar-refractivity contribution in [3.05, 3.63) is 10.7 Å². The third-order valence-electron chi connectivity index (χ3n) is 2.06. The number of hydrogen-bond donors (Lipinski definition) is 4. The number of aliphatic hydroxyl groups excluding tert-OH is 2. The molecule has 0 aliphatic rings. The van der Waals surface area contributed by atoms with Crippen LogP contribution in [0.4, 0.5) is 11.8 Å². The highest BCUT2D eigenvalue weighted by molar-refractivity contribution is 9.10. The van der Waals surface area contributed by atoms with Crippen LogP contribution in [0.5, 0.6) is 0 Å². The Hall–Kier alpha value is -0.920. The van der Waals surface area contributed by atoms with Crippen LogP contribution in [0.25, 0.3) is 0 Å². The zero-order valence-electron chi connectivity index (χ0n) is 9.65. The molecule has 0 amide bonds. The van der Waals surface area contributed by atoms with Gasteiger partial charge in [-0.25, -0.2) is 4.98 Å². The maximum atomic E-state index is 8.99. The molecule has 1 heterocycles. The Morgan fingerprint density at radius 1 is 1.41 bits per heavy atom. The van der Waals surface area contributed by atoms with Crippen LogP contribution in [0.15, 0.2) is 10.7 Å². The molecule has 96 valence electrons. The molecule has 0 aliphatic carbocycles. The number of aromatic nitrogens is 2. The van der Waals surface area contributed by atoms with Gasteiger partial charge in [-0.15, -0.1) is 0 Å². The molecule has 0 spiro atoms. The second-order valence-electron chi connectivity index (χ2n) is 3.52. The van der Waals surface area contributed by atoms with Gasteiger partial charge < -0.3 is 20.8 Å². The van der Waals surface area contributed by atoms with E-state index < -0.39 is 6.04 Å². The van der Waals surface area contributed by atoms with Gasteiger partial charge in [0.1, 0.15) is 5.82 Å². The van der Waals surface area contributed by atoms with Gasteiger partial charge in [0, 0.05) is 12.7 Å².